The van der Waals surface area contributed by atoms with E-state index in [1.165, 1.54) is 29.7 Å². The van der Waals surface area contributed by atoms with Crippen LogP contribution >= 0.6 is 11.3 Å². The third-order valence-electron chi connectivity index (χ3n) is 2.52. The molecule has 4 nitrogen and oxygen atoms in total. The van der Waals surface area contributed by atoms with Gasteiger partial charge in [0.25, 0.3) is 0 Å². The molecule has 1 rings (SSSR count). The van der Waals surface area contributed by atoms with Crippen molar-refractivity contribution in [1.29, 1.82) is 0 Å². The van der Waals surface area contributed by atoms with Gasteiger partial charge in [-0.2, -0.15) is 13.2 Å². The first-order valence-electron chi connectivity index (χ1n) is 6.39. The van der Waals surface area contributed by atoms with Crippen molar-refractivity contribution in [3.8, 4) is 0 Å². The van der Waals surface area contributed by atoms with E-state index >= 15 is 0 Å². The topological polar surface area (TPSA) is 58.2 Å². The Morgan fingerprint density at radius 2 is 1.90 bits per heavy atom. The lowest BCUT2D eigenvalue weighted by atomic mass is 10.2. The minimum Gasteiger partial charge on any atom is -0.310 e. The van der Waals surface area contributed by atoms with E-state index in [9.17, 15) is 21.6 Å². The van der Waals surface area contributed by atoms with Crippen LogP contribution < -0.4 is 10.0 Å². The molecular weight excluding hydrogens is 325 g/mol. The fourth-order valence-electron chi connectivity index (χ4n) is 1.62. The second-order valence-electron chi connectivity index (χ2n) is 5.13. The molecule has 1 aromatic rings. The van der Waals surface area contributed by atoms with E-state index in [4.69, 9.17) is 0 Å². The van der Waals surface area contributed by atoms with Crippen LogP contribution in [0.5, 0.6) is 0 Å². The van der Waals surface area contributed by atoms with E-state index < -0.39 is 28.7 Å². The van der Waals surface area contributed by atoms with E-state index in [1.54, 1.807) is 0 Å². The number of hydrogen-bond donors (Lipinski definition) is 2. The molecule has 0 amide bonds. The van der Waals surface area contributed by atoms with Crippen LogP contribution in [0.25, 0.3) is 0 Å². The highest BCUT2D eigenvalue weighted by Crippen LogP contribution is 2.23. The van der Waals surface area contributed by atoms with Gasteiger partial charge in [-0.3, -0.25) is 0 Å². The summed E-state index contributed by atoms with van der Waals surface area (Å²) in [5, 5.41) is 4.58. The predicted molar refractivity (Wildman–Crippen MR) is 76.8 cm³/mol. The number of thiophene rings is 1. The number of sulfonamides is 1. The second kappa shape index (κ2) is 7.08. The van der Waals surface area contributed by atoms with Gasteiger partial charge in [0.15, 0.2) is 0 Å². The van der Waals surface area contributed by atoms with Crippen LogP contribution in [0.4, 0.5) is 13.2 Å². The summed E-state index contributed by atoms with van der Waals surface area (Å²) < 4.78 is 62.7. The third-order valence-corrected chi connectivity index (χ3v) is 5.17. The molecule has 2 N–H and O–H groups in total. The molecule has 1 unspecified atom stereocenters. The molecule has 1 atom stereocenters. The van der Waals surface area contributed by atoms with Crippen molar-refractivity contribution in [3.63, 3.8) is 0 Å². The molecule has 0 aliphatic rings. The van der Waals surface area contributed by atoms with Crippen LogP contribution in [0.2, 0.25) is 0 Å². The van der Waals surface area contributed by atoms with Crippen LogP contribution in [0, 0.1) is 0 Å². The number of hydrogen-bond acceptors (Lipinski definition) is 4. The minimum absolute atomic E-state index is 0.00193. The van der Waals surface area contributed by atoms with Crippen molar-refractivity contribution in [1.82, 2.24) is 10.0 Å². The zero-order chi connectivity index (χ0) is 16.3. The molecule has 0 aliphatic carbocycles. The van der Waals surface area contributed by atoms with E-state index in [2.05, 4.69) is 5.32 Å². The maximum atomic E-state index is 12.2. The summed E-state index contributed by atoms with van der Waals surface area (Å²) in [6, 6.07) is 0.534. The lowest BCUT2D eigenvalue weighted by Crippen LogP contribution is -2.35. The second-order valence-corrected chi connectivity index (χ2v) is 7.84. The largest absolute Gasteiger partial charge is 0.390 e. The molecule has 0 aliphatic heterocycles. The molecule has 0 saturated carbocycles. The Morgan fingerprint density at radius 1 is 1.29 bits per heavy atom. The van der Waals surface area contributed by atoms with Crippen LogP contribution in [0.15, 0.2) is 16.3 Å². The Hall–Kier alpha value is -0.640. The fraction of sp³-hybridized carbons (Fsp3) is 0.667. The van der Waals surface area contributed by atoms with Crippen molar-refractivity contribution in [2.75, 3.05) is 0 Å². The smallest absolute Gasteiger partial charge is 0.310 e. The lowest BCUT2D eigenvalue weighted by Gasteiger charge is -2.15. The van der Waals surface area contributed by atoms with E-state index in [1.807, 2.05) is 18.6 Å². The molecule has 1 aromatic heterocycles. The highest BCUT2D eigenvalue weighted by atomic mass is 32.2. The molecule has 9 heteroatoms. The molecule has 1 heterocycles. The fourth-order valence-corrected chi connectivity index (χ4v) is 4.09. The van der Waals surface area contributed by atoms with Gasteiger partial charge in [0.1, 0.15) is 0 Å². The Bertz CT molecular complexity index is 553. The van der Waals surface area contributed by atoms with Crippen molar-refractivity contribution < 1.29 is 21.6 Å². The number of halogens is 3. The van der Waals surface area contributed by atoms with Gasteiger partial charge in [-0.25, -0.2) is 13.1 Å². The molecule has 0 spiro atoms. The monoisotopic (exact) mass is 344 g/mol. The first-order chi connectivity index (χ1) is 9.49. The standard InChI is InChI=1S/C12H19F3N2O2S2/c1-8(2)16-6-10-4-11(7-20-10)21(18,19)17-9(3)5-12(13,14)15/h4,7-9,16-17H,5-6H2,1-3H3. The average molecular weight is 344 g/mol. The van der Waals surface area contributed by atoms with Gasteiger partial charge in [-0.05, 0) is 13.0 Å². The number of alkyl halides is 3. The Balaban J connectivity index is 2.70. The molecule has 0 saturated heterocycles. The predicted octanol–water partition coefficient (Wildman–Crippen LogP) is 2.87. The zero-order valence-corrected chi connectivity index (χ0v) is 13.6. The van der Waals surface area contributed by atoms with Crippen molar-refractivity contribution in [2.45, 2.75) is 56.9 Å². The highest BCUT2D eigenvalue weighted by Gasteiger charge is 2.32. The van der Waals surface area contributed by atoms with Gasteiger partial charge < -0.3 is 5.32 Å². The van der Waals surface area contributed by atoms with Crippen molar-refractivity contribution in [3.05, 3.63) is 16.3 Å². The normalized spacial score (nSPS) is 14.6. The Morgan fingerprint density at radius 3 is 2.43 bits per heavy atom. The van der Waals surface area contributed by atoms with Crippen molar-refractivity contribution >= 4 is 21.4 Å². The van der Waals surface area contributed by atoms with Crippen LogP contribution in [0.1, 0.15) is 32.1 Å². The molecule has 122 valence electrons. The van der Waals surface area contributed by atoms with Gasteiger partial charge in [-0.1, -0.05) is 13.8 Å². The van der Waals surface area contributed by atoms with Gasteiger partial charge in [0, 0.05) is 28.9 Å². The van der Waals surface area contributed by atoms with E-state index in [0.717, 1.165) is 4.88 Å². The first kappa shape index (κ1) is 18.4. The van der Waals surface area contributed by atoms with Crippen molar-refractivity contribution in [2.24, 2.45) is 0 Å². The maximum absolute atomic E-state index is 12.2. The summed E-state index contributed by atoms with van der Waals surface area (Å²) in [5.41, 5.74) is 0. The summed E-state index contributed by atoms with van der Waals surface area (Å²) in [6.45, 7) is 5.64. The summed E-state index contributed by atoms with van der Waals surface area (Å²) in [7, 11) is -3.92. The van der Waals surface area contributed by atoms with E-state index in [0.29, 0.717) is 6.54 Å². The summed E-state index contributed by atoms with van der Waals surface area (Å²) >= 11 is 1.25. The Labute approximate surface area is 126 Å². The van der Waals surface area contributed by atoms with Gasteiger partial charge in [0.05, 0.1) is 11.3 Å². The molecule has 0 aromatic carbocycles. The van der Waals surface area contributed by atoms with Crippen LogP contribution in [-0.4, -0.2) is 26.7 Å². The summed E-state index contributed by atoms with van der Waals surface area (Å²) in [4.78, 5) is 0.814. The summed E-state index contributed by atoms with van der Waals surface area (Å²) in [5.74, 6) is 0. The lowest BCUT2D eigenvalue weighted by molar-refractivity contribution is -0.137. The third kappa shape index (κ3) is 6.77. The van der Waals surface area contributed by atoms with Crippen LogP contribution in [-0.2, 0) is 16.6 Å². The average Bonchev–Trinajstić information content (AvgIpc) is 2.71. The van der Waals surface area contributed by atoms with Crippen LogP contribution in [0.3, 0.4) is 0 Å². The quantitative estimate of drug-likeness (QED) is 0.800. The minimum atomic E-state index is -4.40. The molecule has 0 radical (unpaired) electrons. The molecule has 0 fully saturated rings. The van der Waals surface area contributed by atoms with Gasteiger partial charge in [0.2, 0.25) is 10.0 Å². The SMILES string of the molecule is CC(C)NCc1cc(S(=O)(=O)NC(C)CC(F)(F)F)cs1. The number of nitrogens with one attached hydrogen (secondary N) is 2. The Kier molecular flexibility index (Phi) is 6.21. The molecule has 21 heavy (non-hydrogen) atoms. The number of rotatable bonds is 7. The van der Waals surface area contributed by atoms with E-state index in [-0.39, 0.29) is 10.9 Å². The zero-order valence-electron chi connectivity index (χ0n) is 12.0. The summed E-state index contributed by atoms with van der Waals surface area (Å²) in [6.07, 6.45) is -5.60. The highest BCUT2D eigenvalue weighted by molar-refractivity contribution is 7.89. The maximum Gasteiger partial charge on any atom is 0.390 e. The van der Waals surface area contributed by atoms with Gasteiger partial charge in [-0.15, -0.1) is 11.3 Å². The first-order valence-corrected chi connectivity index (χ1v) is 8.76. The molecule has 0 bridgehead atoms. The van der Waals surface area contributed by atoms with Gasteiger partial charge >= 0.3 is 6.18 Å². The molecular formula is C12H19F3N2O2S2.